The smallest absolute Gasteiger partial charge is 0.387 e. The molecule has 0 aliphatic rings. The number of tetrazole rings is 1. The van der Waals surface area contributed by atoms with E-state index in [0.717, 1.165) is 10.4 Å². The predicted molar refractivity (Wildman–Crippen MR) is 92.1 cm³/mol. The van der Waals surface area contributed by atoms with Crippen LogP contribution >= 0.6 is 0 Å². The number of nitrogens with zero attached hydrogens (tertiary/aromatic N) is 5. The second kappa shape index (κ2) is 8.61. The van der Waals surface area contributed by atoms with Gasteiger partial charge in [0.05, 0.1) is 6.21 Å². The Morgan fingerprint density at radius 2 is 1.93 bits per heavy atom. The normalized spacial score (nSPS) is 11.1. The highest BCUT2D eigenvalue weighted by molar-refractivity contribution is 5.85. The highest BCUT2D eigenvalue weighted by atomic mass is 19.3. The zero-order valence-corrected chi connectivity index (χ0v) is 13.9. The van der Waals surface area contributed by atoms with Crippen LogP contribution in [0.25, 0.3) is 11.4 Å². The Hall–Kier alpha value is -3.69. The molecule has 138 valence electrons. The number of hydrogen-bond donors (Lipinski definition) is 1. The largest absolute Gasteiger partial charge is 0.434 e. The summed E-state index contributed by atoms with van der Waals surface area (Å²) in [5.74, 6) is -0.156. The zero-order valence-electron chi connectivity index (χ0n) is 13.9. The van der Waals surface area contributed by atoms with Gasteiger partial charge in [0.2, 0.25) is 5.82 Å². The third kappa shape index (κ3) is 5.14. The molecule has 0 aliphatic heterocycles. The molecule has 0 fully saturated rings. The monoisotopic (exact) mass is 372 g/mol. The summed E-state index contributed by atoms with van der Waals surface area (Å²) in [7, 11) is 0. The molecule has 8 nitrogen and oxygen atoms in total. The van der Waals surface area contributed by atoms with E-state index in [2.05, 4.69) is 30.7 Å². The van der Waals surface area contributed by atoms with Gasteiger partial charge in [0.15, 0.2) is 0 Å². The summed E-state index contributed by atoms with van der Waals surface area (Å²) >= 11 is 0. The maximum atomic E-state index is 12.4. The van der Waals surface area contributed by atoms with E-state index in [1.165, 1.54) is 18.3 Å². The maximum absolute atomic E-state index is 12.4. The summed E-state index contributed by atoms with van der Waals surface area (Å²) < 4.78 is 29.1. The molecule has 1 amide bonds. The molecule has 0 spiro atoms. The molecule has 0 bridgehead atoms. The molecule has 1 heterocycles. The molecule has 1 N–H and O–H groups in total. The van der Waals surface area contributed by atoms with Gasteiger partial charge < -0.3 is 4.74 Å². The molecule has 0 saturated heterocycles. The number of amides is 1. The summed E-state index contributed by atoms with van der Waals surface area (Å²) in [6.07, 6.45) is 1.21. The molecule has 0 aliphatic carbocycles. The van der Waals surface area contributed by atoms with Crippen molar-refractivity contribution in [3.05, 3.63) is 60.2 Å². The summed E-state index contributed by atoms with van der Waals surface area (Å²) in [6.45, 7) is -3.15. The number of halogens is 2. The lowest BCUT2D eigenvalue weighted by Gasteiger charge is -2.06. The first-order valence-electron chi connectivity index (χ1n) is 7.81. The number of hydrogen-bond acceptors (Lipinski definition) is 6. The molecule has 0 atom stereocenters. The third-order valence-corrected chi connectivity index (χ3v) is 3.30. The van der Waals surface area contributed by atoms with Gasteiger partial charge >= 0.3 is 6.61 Å². The minimum absolute atomic E-state index is 0.0454. The van der Waals surface area contributed by atoms with Crippen LogP contribution in [0, 0.1) is 0 Å². The fourth-order valence-corrected chi connectivity index (χ4v) is 2.14. The minimum Gasteiger partial charge on any atom is -0.434 e. The van der Waals surface area contributed by atoms with Gasteiger partial charge in [-0.25, -0.2) is 5.43 Å². The Morgan fingerprint density at radius 3 is 2.70 bits per heavy atom. The molecule has 1 aromatic heterocycles. The summed E-state index contributed by atoms with van der Waals surface area (Å²) in [4.78, 5) is 13.0. The first-order chi connectivity index (χ1) is 13.1. The van der Waals surface area contributed by atoms with E-state index in [0.29, 0.717) is 11.4 Å². The topological polar surface area (TPSA) is 94.3 Å². The predicted octanol–water partition coefficient (Wildman–Crippen LogP) is 2.09. The van der Waals surface area contributed by atoms with Crippen LogP contribution in [-0.4, -0.2) is 38.9 Å². The van der Waals surface area contributed by atoms with Gasteiger partial charge in [-0.05, 0) is 17.3 Å². The van der Waals surface area contributed by atoms with Gasteiger partial charge in [0.1, 0.15) is 12.3 Å². The van der Waals surface area contributed by atoms with Gasteiger partial charge in [-0.1, -0.05) is 42.5 Å². The van der Waals surface area contributed by atoms with E-state index in [4.69, 9.17) is 0 Å². The fraction of sp³-hybridized carbons (Fsp3) is 0.118. The van der Waals surface area contributed by atoms with Crippen LogP contribution in [-0.2, 0) is 11.3 Å². The van der Waals surface area contributed by atoms with Crippen LogP contribution in [0.5, 0.6) is 5.75 Å². The second-order valence-electron chi connectivity index (χ2n) is 5.22. The van der Waals surface area contributed by atoms with Crippen LogP contribution in [0.15, 0.2) is 59.7 Å². The van der Waals surface area contributed by atoms with Crippen molar-refractivity contribution in [2.24, 2.45) is 5.10 Å². The zero-order chi connectivity index (χ0) is 19.1. The van der Waals surface area contributed by atoms with Gasteiger partial charge in [-0.3, -0.25) is 4.79 Å². The molecule has 27 heavy (non-hydrogen) atoms. The quantitative estimate of drug-likeness (QED) is 0.506. The SMILES string of the molecule is O=C(Cn1nnc(-c2ccccc2)n1)N/N=C\c1ccccc1OC(F)F. The van der Waals surface area contributed by atoms with Gasteiger partial charge in [-0.15, -0.1) is 10.2 Å². The molecule has 2 aromatic carbocycles. The fourth-order valence-electron chi connectivity index (χ4n) is 2.14. The first kappa shape index (κ1) is 18.1. The Bertz CT molecular complexity index is 930. The van der Waals surface area contributed by atoms with Gasteiger partial charge in [-0.2, -0.15) is 18.7 Å². The molecule has 0 radical (unpaired) electrons. The minimum atomic E-state index is -2.95. The van der Waals surface area contributed by atoms with Crippen LogP contribution in [0.4, 0.5) is 8.78 Å². The Balaban J connectivity index is 1.58. The van der Waals surface area contributed by atoms with Crippen molar-refractivity contribution in [2.45, 2.75) is 13.2 Å². The summed E-state index contributed by atoms with van der Waals surface area (Å²) in [5.41, 5.74) is 3.34. The molecule has 0 saturated carbocycles. The number of para-hydroxylation sites is 1. The van der Waals surface area contributed by atoms with Crippen molar-refractivity contribution in [3.8, 4) is 17.1 Å². The Kier molecular flexibility index (Phi) is 5.77. The van der Waals surface area contributed by atoms with E-state index in [1.807, 2.05) is 30.3 Å². The lowest BCUT2D eigenvalue weighted by Crippen LogP contribution is -2.24. The van der Waals surface area contributed by atoms with Crippen molar-refractivity contribution in [3.63, 3.8) is 0 Å². The maximum Gasteiger partial charge on any atom is 0.387 e. The first-order valence-corrected chi connectivity index (χ1v) is 7.81. The summed E-state index contributed by atoms with van der Waals surface area (Å²) in [5, 5.41) is 15.5. The number of aromatic nitrogens is 4. The van der Waals surface area contributed by atoms with E-state index in [9.17, 15) is 13.6 Å². The van der Waals surface area contributed by atoms with Crippen molar-refractivity contribution >= 4 is 12.1 Å². The Labute approximate surface area is 152 Å². The number of carbonyl (C=O) groups excluding carboxylic acids is 1. The number of rotatable bonds is 7. The highest BCUT2D eigenvalue weighted by Crippen LogP contribution is 2.18. The van der Waals surface area contributed by atoms with E-state index >= 15 is 0 Å². The number of carbonyl (C=O) groups is 1. The van der Waals surface area contributed by atoms with E-state index < -0.39 is 12.5 Å². The van der Waals surface area contributed by atoms with Crippen LogP contribution in [0.1, 0.15) is 5.56 Å². The number of ether oxygens (including phenoxy) is 1. The number of hydrazone groups is 1. The number of benzene rings is 2. The lowest BCUT2D eigenvalue weighted by atomic mass is 10.2. The Morgan fingerprint density at radius 1 is 1.19 bits per heavy atom. The molecule has 3 aromatic rings. The molecular weight excluding hydrogens is 358 g/mol. The average Bonchev–Trinajstić information content (AvgIpc) is 3.12. The van der Waals surface area contributed by atoms with Crippen molar-refractivity contribution in [2.75, 3.05) is 0 Å². The van der Waals surface area contributed by atoms with Crippen molar-refractivity contribution < 1.29 is 18.3 Å². The van der Waals surface area contributed by atoms with Gasteiger partial charge in [0, 0.05) is 11.1 Å². The number of nitrogens with one attached hydrogen (secondary N) is 1. The average molecular weight is 372 g/mol. The van der Waals surface area contributed by atoms with E-state index in [-0.39, 0.29) is 12.3 Å². The molecule has 0 unspecified atom stereocenters. The number of alkyl halides is 2. The highest BCUT2D eigenvalue weighted by Gasteiger charge is 2.09. The second-order valence-corrected chi connectivity index (χ2v) is 5.22. The molecule has 3 rings (SSSR count). The van der Waals surface area contributed by atoms with Crippen LogP contribution < -0.4 is 10.2 Å². The van der Waals surface area contributed by atoms with Crippen molar-refractivity contribution in [1.29, 1.82) is 0 Å². The summed E-state index contributed by atoms with van der Waals surface area (Å²) in [6, 6.07) is 15.3. The molecule has 10 heteroatoms. The standard InChI is InChI=1S/C17H14F2N6O2/c18-17(19)27-14-9-5-4-8-13(14)10-20-21-15(26)11-25-23-16(22-24-25)12-6-2-1-3-7-12/h1-10,17H,11H2,(H,21,26)/b20-10-. The van der Waals surface area contributed by atoms with Crippen molar-refractivity contribution in [1.82, 2.24) is 25.6 Å². The lowest BCUT2D eigenvalue weighted by molar-refractivity contribution is -0.122. The van der Waals surface area contributed by atoms with Crippen LogP contribution in [0.2, 0.25) is 0 Å². The van der Waals surface area contributed by atoms with Gasteiger partial charge in [0.25, 0.3) is 5.91 Å². The van der Waals surface area contributed by atoms with E-state index in [1.54, 1.807) is 12.1 Å². The van der Waals surface area contributed by atoms with Crippen LogP contribution in [0.3, 0.4) is 0 Å². The third-order valence-electron chi connectivity index (χ3n) is 3.30. The molecular formula is C17H14F2N6O2.